The molecular weight excluding hydrogens is 260 g/mol. The third-order valence-electron chi connectivity index (χ3n) is 3.86. The van der Waals surface area contributed by atoms with Gasteiger partial charge in [-0.25, -0.2) is 0 Å². The van der Waals surface area contributed by atoms with E-state index in [0.29, 0.717) is 12.6 Å². The Morgan fingerprint density at radius 1 is 1.42 bits per heavy atom. The van der Waals surface area contributed by atoms with Crippen LogP contribution in [0.5, 0.6) is 0 Å². The topological polar surface area (TPSA) is 40.2 Å². The predicted octanol–water partition coefficient (Wildman–Crippen LogP) is 3.32. The number of ether oxygens (including phenoxy) is 1. The third kappa shape index (κ3) is 2.64. The fourth-order valence-corrected chi connectivity index (χ4v) is 3.01. The van der Waals surface area contributed by atoms with Crippen LogP contribution in [0.1, 0.15) is 24.8 Å². The molecule has 1 fully saturated rings. The molecule has 19 heavy (non-hydrogen) atoms. The second-order valence-corrected chi connectivity index (χ2v) is 5.57. The number of halogens is 1. The molecule has 1 aromatic heterocycles. The summed E-state index contributed by atoms with van der Waals surface area (Å²) in [7, 11) is 0. The maximum atomic E-state index is 6.10. The second kappa shape index (κ2) is 5.53. The van der Waals surface area contributed by atoms with Crippen LogP contribution in [0.2, 0.25) is 5.02 Å². The van der Waals surface area contributed by atoms with Gasteiger partial charge in [-0.1, -0.05) is 17.7 Å². The van der Waals surface area contributed by atoms with Crippen LogP contribution < -0.4 is 5.73 Å². The highest BCUT2D eigenvalue weighted by Crippen LogP contribution is 2.26. The van der Waals surface area contributed by atoms with Gasteiger partial charge in [-0.2, -0.15) is 0 Å². The molecule has 0 amide bonds. The fourth-order valence-electron chi connectivity index (χ4n) is 2.84. The normalized spacial score (nSPS) is 19.4. The summed E-state index contributed by atoms with van der Waals surface area (Å²) in [6.07, 6.45) is 6.00. The minimum Gasteiger partial charge on any atom is -0.378 e. The van der Waals surface area contributed by atoms with Crippen molar-refractivity contribution >= 4 is 22.5 Å². The van der Waals surface area contributed by atoms with E-state index >= 15 is 0 Å². The molecule has 2 aromatic rings. The zero-order chi connectivity index (χ0) is 13.2. The lowest BCUT2D eigenvalue weighted by Crippen LogP contribution is -2.09. The lowest BCUT2D eigenvalue weighted by molar-refractivity contribution is 0.101. The van der Waals surface area contributed by atoms with Gasteiger partial charge in [0.1, 0.15) is 0 Å². The van der Waals surface area contributed by atoms with E-state index in [2.05, 4.69) is 16.8 Å². The maximum absolute atomic E-state index is 6.10. The summed E-state index contributed by atoms with van der Waals surface area (Å²) in [6, 6.07) is 6.00. The van der Waals surface area contributed by atoms with Crippen molar-refractivity contribution in [3.63, 3.8) is 0 Å². The van der Waals surface area contributed by atoms with Crippen LogP contribution in [0.4, 0.5) is 0 Å². The van der Waals surface area contributed by atoms with E-state index in [9.17, 15) is 0 Å². The van der Waals surface area contributed by atoms with E-state index in [0.717, 1.165) is 24.6 Å². The molecule has 1 aromatic carbocycles. The molecule has 1 saturated heterocycles. The van der Waals surface area contributed by atoms with Gasteiger partial charge >= 0.3 is 0 Å². The summed E-state index contributed by atoms with van der Waals surface area (Å²) in [4.78, 5) is 0. The number of aryl methyl sites for hydroxylation is 1. The Hall–Kier alpha value is -1.03. The van der Waals surface area contributed by atoms with Gasteiger partial charge in [-0.3, -0.25) is 0 Å². The predicted molar refractivity (Wildman–Crippen MR) is 78.4 cm³/mol. The summed E-state index contributed by atoms with van der Waals surface area (Å²) < 4.78 is 7.93. The van der Waals surface area contributed by atoms with Gasteiger partial charge in [0.2, 0.25) is 0 Å². The Bertz CT molecular complexity index is 573. The van der Waals surface area contributed by atoms with Crippen molar-refractivity contribution in [1.82, 2.24) is 4.57 Å². The van der Waals surface area contributed by atoms with Gasteiger partial charge in [0.05, 0.1) is 6.10 Å². The molecule has 0 bridgehead atoms. The van der Waals surface area contributed by atoms with Crippen molar-refractivity contribution in [2.75, 3.05) is 6.61 Å². The SMILES string of the molecule is NCc1cn(CCC2CCCO2)c2cc(Cl)ccc12. The monoisotopic (exact) mass is 278 g/mol. The van der Waals surface area contributed by atoms with E-state index in [4.69, 9.17) is 22.1 Å². The molecule has 1 atom stereocenters. The summed E-state index contributed by atoms with van der Waals surface area (Å²) in [6.45, 7) is 2.43. The first-order valence-corrected chi connectivity index (χ1v) is 7.24. The first-order chi connectivity index (χ1) is 9.28. The van der Waals surface area contributed by atoms with Gasteiger partial charge in [0.15, 0.2) is 0 Å². The van der Waals surface area contributed by atoms with Crippen molar-refractivity contribution in [3.8, 4) is 0 Å². The minimum absolute atomic E-state index is 0.415. The van der Waals surface area contributed by atoms with E-state index in [-0.39, 0.29) is 0 Å². The van der Waals surface area contributed by atoms with Gasteiger partial charge in [0, 0.05) is 41.8 Å². The average molecular weight is 279 g/mol. The van der Waals surface area contributed by atoms with Crippen LogP contribution in [0, 0.1) is 0 Å². The first-order valence-electron chi connectivity index (χ1n) is 6.87. The van der Waals surface area contributed by atoms with Crippen LogP contribution in [-0.4, -0.2) is 17.3 Å². The Balaban J connectivity index is 1.86. The van der Waals surface area contributed by atoms with Crippen molar-refractivity contribution in [2.24, 2.45) is 5.73 Å². The van der Waals surface area contributed by atoms with Crippen LogP contribution in [-0.2, 0) is 17.8 Å². The number of rotatable bonds is 4. The molecule has 0 saturated carbocycles. The summed E-state index contributed by atoms with van der Waals surface area (Å²) in [5.74, 6) is 0. The quantitative estimate of drug-likeness (QED) is 0.932. The van der Waals surface area contributed by atoms with Gasteiger partial charge < -0.3 is 15.0 Å². The second-order valence-electron chi connectivity index (χ2n) is 5.14. The highest BCUT2D eigenvalue weighted by Gasteiger charge is 2.16. The number of nitrogens with zero attached hydrogens (tertiary/aromatic N) is 1. The molecule has 1 aliphatic rings. The highest BCUT2D eigenvalue weighted by atomic mass is 35.5. The lowest BCUT2D eigenvalue weighted by Gasteiger charge is -2.10. The van der Waals surface area contributed by atoms with Crippen LogP contribution >= 0.6 is 11.6 Å². The highest BCUT2D eigenvalue weighted by molar-refractivity contribution is 6.31. The van der Waals surface area contributed by atoms with Crippen molar-refractivity contribution in [2.45, 2.75) is 38.5 Å². The number of hydrogen-bond donors (Lipinski definition) is 1. The molecular formula is C15H19ClN2O. The van der Waals surface area contributed by atoms with E-state index < -0.39 is 0 Å². The van der Waals surface area contributed by atoms with E-state index in [1.165, 1.54) is 29.3 Å². The molecule has 0 radical (unpaired) electrons. The van der Waals surface area contributed by atoms with Crippen LogP contribution in [0.25, 0.3) is 10.9 Å². The summed E-state index contributed by atoms with van der Waals surface area (Å²) >= 11 is 6.10. The number of benzene rings is 1. The number of nitrogens with two attached hydrogens (primary N) is 1. The van der Waals surface area contributed by atoms with Crippen LogP contribution in [0.15, 0.2) is 24.4 Å². The Morgan fingerprint density at radius 2 is 2.32 bits per heavy atom. The number of fused-ring (bicyclic) bond motifs is 1. The number of aromatic nitrogens is 1. The number of hydrogen-bond acceptors (Lipinski definition) is 2. The van der Waals surface area contributed by atoms with E-state index in [1.807, 2.05) is 12.1 Å². The third-order valence-corrected chi connectivity index (χ3v) is 4.10. The zero-order valence-electron chi connectivity index (χ0n) is 10.9. The molecule has 2 N–H and O–H groups in total. The summed E-state index contributed by atoms with van der Waals surface area (Å²) in [5.41, 5.74) is 8.17. The fraction of sp³-hybridized carbons (Fsp3) is 0.467. The Kier molecular flexibility index (Phi) is 3.78. The Morgan fingerprint density at radius 3 is 3.05 bits per heavy atom. The molecule has 102 valence electrons. The molecule has 1 unspecified atom stereocenters. The molecule has 4 heteroatoms. The standard InChI is InChI=1S/C15H19ClN2O/c16-12-3-4-14-11(9-17)10-18(15(14)8-12)6-5-13-2-1-7-19-13/h3-4,8,10,13H,1-2,5-7,9,17H2. The van der Waals surface area contributed by atoms with Crippen molar-refractivity contribution in [1.29, 1.82) is 0 Å². The van der Waals surface area contributed by atoms with Gasteiger partial charge in [-0.15, -0.1) is 0 Å². The summed E-state index contributed by atoms with van der Waals surface area (Å²) in [5, 5.41) is 1.98. The molecule has 2 heterocycles. The molecule has 0 aliphatic carbocycles. The smallest absolute Gasteiger partial charge is 0.0593 e. The van der Waals surface area contributed by atoms with Gasteiger partial charge in [0.25, 0.3) is 0 Å². The molecule has 1 aliphatic heterocycles. The Labute approximate surface area is 118 Å². The maximum Gasteiger partial charge on any atom is 0.0593 e. The van der Waals surface area contributed by atoms with E-state index in [1.54, 1.807) is 0 Å². The molecule has 3 nitrogen and oxygen atoms in total. The first kappa shape index (κ1) is 13.0. The van der Waals surface area contributed by atoms with Crippen molar-refractivity contribution < 1.29 is 4.74 Å². The minimum atomic E-state index is 0.415. The molecule has 0 spiro atoms. The zero-order valence-corrected chi connectivity index (χ0v) is 11.7. The van der Waals surface area contributed by atoms with Gasteiger partial charge in [-0.05, 0) is 37.0 Å². The average Bonchev–Trinajstić information content (AvgIpc) is 3.03. The van der Waals surface area contributed by atoms with Crippen LogP contribution in [0.3, 0.4) is 0 Å². The van der Waals surface area contributed by atoms with Crippen molar-refractivity contribution in [3.05, 3.63) is 35.0 Å². The molecule has 3 rings (SSSR count). The lowest BCUT2D eigenvalue weighted by atomic mass is 10.2. The largest absolute Gasteiger partial charge is 0.378 e.